The molecule has 1 heterocycles. The predicted molar refractivity (Wildman–Crippen MR) is 68.8 cm³/mol. The fraction of sp³-hybridized carbons (Fsp3) is 0. The standard InChI is InChI=1S/C10H6BrClF2N4/c11-4-1-6(13)8(7(14)2-4)17-9-5(12)3-16-10(15)18-9/h1-3H,(H3,15,16,17,18). The summed E-state index contributed by atoms with van der Waals surface area (Å²) in [6.07, 6.45) is 1.24. The average Bonchev–Trinajstić information content (AvgIpc) is 2.28. The third kappa shape index (κ3) is 2.68. The fourth-order valence-electron chi connectivity index (χ4n) is 1.25. The summed E-state index contributed by atoms with van der Waals surface area (Å²) in [5, 5.41) is 2.55. The number of nitrogens with two attached hydrogens (primary N) is 1. The number of nitrogens with zero attached hydrogens (tertiary/aromatic N) is 2. The van der Waals surface area contributed by atoms with Crippen LogP contribution in [0.3, 0.4) is 0 Å². The molecule has 0 aliphatic heterocycles. The van der Waals surface area contributed by atoms with Gasteiger partial charge in [0.2, 0.25) is 5.95 Å². The van der Waals surface area contributed by atoms with Crippen molar-refractivity contribution in [3.63, 3.8) is 0 Å². The smallest absolute Gasteiger partial charge is 0.222 e. The summed E-state index contributed by atoms with van der Waals surface area (Å²) in [6.45, 7) is 0. The molecule has 3 N–H and O–H groups in total. The van der Waals surface area contributed by atoms with E-state index in [0.29, 0.717) is 0 Å². The van der Waals surface area contributed by atoms with Crippen LogP contribution in [0, 0.1) is 11.6 Å². The molecule has 2 aromatic rings. The van der Waals surface area contributed by atoms with Gasteiger partial charge in [0.1, 0.15) is 10.7 Å². The molecule has 0 radical (unpaired) electrons. The molecule has 8 heteroatoms. The first kappa shape index (κ1) is 13.0. The van der Waals surface area contributed by atoms with Crippen LogP contribution in [0.25, 0.3) is 0 Å². The number of nitrogens with one attached hydrogen (secondary N) is 1. The number of anilines is 3. The van der Waals surface area contributed by atoms with E-state index in [1.165, 1.54) is 6.20 Å². The van der Waals surface area contributed by atoms with Crippen LogP contribution in [0.5, 0.6) is 0 Å². The molecule has 0 saturated heterocycles. The Morgan fingerprint density at radius 2 is 1.89 bits per heavy atom. The lowest BCUT2D eigenvalue weighted by atomic mass is 10.3. The van der Waals surface area contributed by atoms with Crippen LogP contribution in [-0.4, -0.2) is 9.97 Å². The Balaban J connectivity index is 2.43. The lowest BCUT2D eigenvalue weighted by Gasteiger charge is -2.09. The van der Waals surface area contributed by atoms with Crippen LogP contribution >= 0.6 is 27.5 Å². The molecule has 0 bridgehead atoms. The SMILES string of the molecule is Nc1ncc(Cl)c(Nc2c(F)cc(Br)cc2F)n1. The normalized spacial score (nSPS) is 10.4. The minimum absolute atomic E-state index is 0.0317. The van der Waals surface area contributed by atoms with Crippen molar-refractivity contribution in [2.24, 2.45) is 0 Å². The first-order valence-electron chi connectivity index (χ1n) is 4.67. The summed E-state index contributed by atoms with van der Waals surface area (Å²) in [6, 6.07) is 2.23. The van der Waals surface area contributed by atoms with Crippen LogP contribution in [-0.2, 0) is 0 Å². The molecule has 0 aliphatic rings. The van der Waals surface area contributed by atoms with Gasteiger partial charge >= 0.3 is 0 Å². The lowest BCUT2D eigenvalue weighted by Crippen LogP contribution is -2.03. The van der Waals surface area contributed by atoms with E-state index in [1.807, 2.05) is 0 Å². The van der Waals surface area contributed by atoms with Gasteiger partial charge in [-0.25, -0.2) is 13.8 Å². The summed E-state index contributed by atoms with van der Waals surface area (Å²) in [7, 11) is 0. The molecule has 0 aliphatic carbocycles. The van der Waals surface area contributed by atoms with Gasteiger partial charge in [-0.05, 0) is 12.1 Å². The van der Waals surface area contributed by atoms with Crippen molar-refractivity contribution in [3.8, 4) is 0 Å². The molecule has 94 valence electrons. The third-order valence-corrected chi connectivity index (χ3v) is 2.75. The van der Waals surface area contributed by atoms with E-state index < -0.39 is 11.6 Å². The highest BCUT2D eigenvalue weighted by Gasteiger charge is 2.13. The Bertz CT molecular complexity index is 585. The largest absolute Gasteiger partial charge is 0.368 e. The topological polar surface area (TPSA) is 63.8 Å². The van der Waals surface area contributed by atoms with Crippen molar-refractivity contribution in [1.82, 2.24) is 9.97 Å². The number of benzene rings is 1. The number of nitrogen functional groups attached to an aromatic ring is 1. The van der Waals surface area contributed by atoms with Gasteiger partial charge in [0, 0.05) is 4.47 Å². The van der Waals surface area contributed by atoms with Crippen LogP contribution in [0.2, 0.25) is 5.02 Å². The van der Waals surface area contributed by atoms with Gasteiger partial charge in [0.05, 0.1) is 6.20 Å². The summed E-state index contributed by atoms with van der Waals surface area (Å²) in [4.78, 5) is 7.39. The summed E-state index contributed by atoms with van der Waals surface area (Å²) in [5.74, 6) is -1.59. The minimum atomic E-state index is -0.782. The van der Waals surface area contributed by atoms with Crippen LogP contribution in [0.15, 0.2) is 22.8 Å². The summed E-state index contributed by atoms with van der Waals surface area (Å²) >= 11 is 8.76. The molecule has 0 unspecified atom stereocenters. The average molecular weight is 336 g/mol. The Morgan fingerprint density at radius 1 is 1.28 bits per heavy atom. The van der Waals surface area contributed by atoms with Gasteiger partial charge in [-0.2, -0.15) is 4.98 Å². The first-order valence-corrected chi connectivity index (χ1v) is 5.84. The highest BCUT2D eigenvalue weighted by molar-refractivity contribution is 9.10. The van der Waals surface area contributed by atoms with Crippen molar-refractivity contribution < 1.29 is 8.78 Å². The second-order valence-electron chi connectivity index (χ2n) is 3.29. The second kappa shape index (κ2) is 5.03. The highest BCUT2D eigenvalue weighted by atomic mass is 79.9. The molecule has 0 fully saturated rings. The van der Waals surface area contributed by atoms with E-state index in [4.69, 9.17) is 17.3 Å². The zero-order chi connectivity index (χ0) is 13.3. The van der Waals surface area contributed by atoms with Crippen LogP contribution in [0.1, 0.15) is 0 Å². The van der Waals surface area contributed by atoms with Gasteiger partial charge in [-0.15, -0.1) is 0 Å². The quantitative estimate of drug-likeness (QED) is 0.882. The van der Waals surface area contributed by atoms with Crippen molar-refractivity contribution in [2.45, 2.75) is 0 Å². The zero-order valence-electron chi connectivity index (χ0n) is 8.72. The first-order chi connectivity index (χ1) is 8.47. The summed E-state index contributed by atoms with van der Waals surface area (Å²) in [5.41, 5.74) is 5.00. The predicted octanol–water partition coefficient (Wildman–Crippen LogP) is 3.50. The summed E-state index contributed by atoms with van der Waals surface area (Å²) < 4.78 is 27.4. The second-order valence-corrected chi connectivity index (χ2v) is 4.62. The number of aromatic nitrogens is 2. The third-order valence-electron chi connectivity index (χ3n) is 2.01. The molecular formula is C10H6BrClF2N4. The van der Waals surface area contributed by atoms with E-state index in [0.717, 1.165) is 12.1 Å². The Labute approximate surface area is 114 Å². The van der Waals surface area contributed by atoms with Gasteiger partial charge in [0.25, 0.3) is 0 Å². The monoisotopic (exact) mass is 334 g/mol. The Hall–Kier alpha value is -1.47. The van der Waals surface area contributed by atoms with E-state index in [1.54, 1.807) is 0 Å². The van der Waals surface area contributed by atoms with Crippen molar-refractivity contribution >= 4 is 45.0 Å². The van der Waals surface area contributed by atoms with Gasteiger partial charge in [-0.1, -0.05) is 27.5 Å². The van der Waals surface area contributed by atoms with Crippen molar-refractivity contribution in [2.75, 3.05) is 11.1 Å². The zero-order valence-corrected chi connectivity index (χ0v) is 11.1. The minimum Gasteiger partial charge on any atom is -0.368 e. The van der Waals surface area contributed by atoms with Gasteiger partial charge in [-0.3, -0.25) is 0 Å². The highest BCUT2D eigenvalue weighted by Crippen LogP contribution is 2.29. The molecule has 0 spiro atoms. The molecule has 2 rings (SSSR count). The Kier molecular flexibility index (Phi) is 3.63. The fourth-order valence-corrected chi connectivity index (χ4v) is 1.79. The van der Waals surface area contributed by atoms with Gasteiger partial charge in [0.15, 0.2) is 17.5 Å². The molecule has 0 amide bonds. The molecule has 1 aromatic carbocycles. The van der Waals surface area contributed by atoms with Crippen LogP contribution in [0.4, 0.5) is 26.2 Å². The van der Waals surface area contributed by atoms with Crippen molar-refractivity contribution in [3.05, 3.63) is 39.5 Å². The number of rotatable bonds is 2. The Morgan fingerprint density at radius 3 is 2.50 bits per heavy atom. The maximum Gasteiger partial charge on any atom is 0.222 e. The lowest BCUT2D eigenvalue weighted by molar-refractivity contribution is 0.589. The molecule has 1 aromatic heterocycles. The molecular weight excluding hydrogens is 329 g/mol. The maximum absolute atomic E-state index is 13.6. The van der Waals surface area contributed by atoms with E-state index in [9.17, 15) is 8.78 Å². The van der Waals surface area contributed by atoms with E-state index in [-0.39, 0.29) is 26.9 Å². The molecule has 18 heavy (non-hydrogen) atoms. The molecule has 0 atom stereocenters. The number of hydrogen-bond acceptors (Lipinski definition) is 4. The van der Waals surface area contributed by atoms with Crippen LogP contribution < -0.4 is 11.1 Å². The van der Waals surface area contributed by atoms with Gasteiger partial charge < -0.3 is 11.1 Å². The molecule has 4 nitrogen and oxygen atoms in total. The van der Waals surface area contributed by atoms with E-state index >= 15 is 0 Å². The number of hydrogen-bond donors (Lipinski definition) is 2. The van der Waals surface area contributed by atoms with Crippen molar-refractivity contribution in [1.29, 1.82) is 0 Å². The molecule has 0 saturated carbocycles. The maximum atomic E-state index is 13.6. The van der Waals surface area contributed by atoms with E-state index in [2.05, 4.69) is 31.2 Å². The number of halogens is 4.